The SMILES string of the molecule is CC(C)c1ccc(-c2noc(C3(N)CCOC3)n2)cc1. The smallest absolute Gasteiger partial charge is 0.249 e. The fourth-order valence-corrected chi connectivity index (χ4v) is 2.31. The molecule has 2 N–H and O–H groups in total. The molecule has 2 aromatic rings. The second-order valence-corrected chi connectivity index (χ2v) is 5.66. The van der Waals surface area contributed by atoms with Crippen molar-refractivity contribution in [3.63, 3.8) is 0 Å². The Morgan fingerprint density at radius 1 is 1.25 bits per heavy atom. The number of ether oxygens (including phenoxy) is 1. The lowest BCUT2D eigenvalue weighted by molar-refractivity contribution is 0.166. The van der Waals surface area contributed by atoms with E-state index in [9.17, 15) is 0 Å². The fourth-order valence-electron chi connectivity index (χ4n) is 2.31. The summed E-state index contributed by atoms with van der Waals surface area (Å²) in [5, 5.41) is 4.03. The maximum absolute atomic E-state index is 6.21. The van der Waals surface area contributed by atoms with Gasteiger partial charge >= 0.3 is 0 Å². The van der Waals surface area contributed by atoms with Gasteiger partial charge in [-0.1, -0.05) is 43.3 Å². The Balaban J connectivity index is 1.86. The standard InChI is InChI=1S/C15H19N3O2/c1-10(2)11-3-5-12(6-4-11)13-17-14(20-18-13)15(16)7-8-19-9-15/h3-6,10H,7-9,16H2,1-2H3. The molecule has 1 aliphatic rings. The molecule has 0 radical (unpaired) electrons. The molecule has 0 aliphatic carbocycles. The quantitative estimate of drug-likeness (QED) is 0.929. The molecule has 3 rings (SSSR count). The maximum Gasteiger partial charge on any atom is 0.249 e. The third-order valence-electron chi connectivity index (χ3n) is 3.74. The van der Waals surface area contributed by atoms with Crippen LogP contribution in [0.25, 0.3) is 11.4 Å². The number of nitrogens with zero attached hydrogens (tertiary/aromatic N) is 2. The first kappa shape index (κ1) is 13.3. The highest BCUT2D eigenvalue weighted by atomic mass is 16.5. The van der Waals surface area contributed by atoms with Crippen LogP contribution in [0.4, 0.5) is 0 Å². The Morgan fingerprint density at radius 3 is 2.60 bits per heavy atom. The average molecular weight is 273 g/mol. The number of nitrogens with two attached hydrogens (primary N) is 1. The summed E-state index contributed by atoms with van der Waals surface area (Å²) in [5.74, 6) is 1.54. The number of rotatable bonds is 3. The lowest BCUT2D eigenvalue weighted by Crippen LogP contribution is -2.37. The van der Waals surface area contributed by atoms with Crippen molar-refractivity contribution < 1.29 is 9.26 Å². The molecule has 5 nitrogen and oxygen atoms in total. The normalized spacial score (nSPS) is 22.6. The Kier molecular flexibility index (Phi) is 3.31. The van der Waals surface area contributed by atoms with Gasteiger partial charge in [-0.3, -0.25) is 0 Å². The van der Waals surface area contributed by atoms with Gasteiger partial charge in [0.15, 0.2) is 0 Å². The molecule has 5 heteroatoms. The molecular weight excluding hydrogens is 254 g/mol. The fraction of sp³-hybridized carbons (Fsp3) is 0.467. The van der Waals surface area contributed by atoms with E-state index in [0.717, 1.165) is 5.56 Å². The number of benzene rings is 1. The molecule has 1 aromatic carbocycles. The molecule has 0 spiro atoms. The molecule has 1 saturated heterocycles. The van der Waals surface area contributed by atoms with Crippen molar-refractivity contribution >= 4 is 0 Å². The van der Waals surface area contributed by atoms with Crippen LogP contribution in [-0.4, -0.2) is 23.4 Å². The monoisotopic (exact) mass is 273 g/mol. The Morgan fingerprint density at radius 2 is 2.00 bits per heavy atom. The lowest BCUT2D eigenvalue weighted by Gasteiger charge is -2.14. The van der Waals surface area contributed by atoms with Crippen LogP contribution in [0.5, 0.6) is 0 Å². The summed E-state index contributed by atoms with van der Waals surface area (Å²) in [6, 6.07) is 8.20. The van der Waals surface area contributed by atoms with Gasteiger partial charge in [0.05, 0.1) is 6.61 Å². The molecule has 106 valence electrons. The van der Waals surface area contributed by atoms with Crippen LogP contribution in [0.1, 0.15) is 37.6 Å². The van der Waals surface area contributed by atoms with Gasteiger partial charge < -0.3 is 15.0 Å². The minimum absolute atomic E-state index is 0.431. The van der Waals surface area contributed by atoms with E-state index in [-0.39, 0.29) is 0 Å². The van der Waals surface area contributed by atoms with Gasteiger partial charge in [-0.25, -0.2) is 0 Å². The summed E-state index contributed by atoms with van der Waals surface area (Å²) in [6.45, 7) is 5.40. The third-order valence-corrected chi connectivity index (χ3v) is 3.74. The summed E-state index contributed by atoms with van der Waals surface area (Å²) < 4.78 is 10.6. The Bertz CT molecular complexity index is 583. The van der Waals surface area contributed by atoms with Crippen LogP contribution in [0.2, 0.25) is 0 Å². The molecule has 1 fully saturated rings. The molecule has 0 bridgehead atoms. The molecule has 2 heterocycles. The van der Waals surface area contributed by atoms with Gasteiger partial charge in [-0.05, 0) is 17.9 Å². The first-order valence-electron chi connectivity index (χ1n) is 6.90. The molecular formula is C15H19N3O2. The summed E-state index contributed by atoms with van der Waals surface area (Å²) in [7, 11) is 0. The van der Waals surface area contributed by atoms with Crippen molar-refractivity contribution in [3.8, 4) is 11.4 Å². The number of hydrogen-bond donors (Lipinski definition) is 1. The van der Waals surface area contributed by atoms with Crippen LogP contribution in [-0.2, 0) is 10.3 Å². The largest absolute Gasteiger partial charge is 0.379 e. The van der Waals surface area contributed by atoms with E-state index < -0.39 is 5.54 Å². The molecule has 1 unspecified atom stereocenters. The summed E-state index contributed by atoms with van der Waals surface area (Å²) in [5.41, 5.74) is 7.80. The van der Waals surface area contributed by atoms with Crippen LogP contribution >= 0.6 is 0 Å². The molecule has 0 amide bonds. The first-order valence-corrected chi connectivity index (χ1v) is 6.90. The van der Waals surface area contributed by atoms with E-state index >= 15 is 0 Å². The highest BCUT2D eigenvalue weighted by molar-refractivity contribution is 5.55. The van der Waals surface area contributed by atoms with E-state index in [1.807, 2.05) is 12.1 Å². The zero-order valence-corrected chi connectivity index (χ0v) is 11.8. The van der Waals surface area contributed by atoms with E-state index in [0.29, 0.717) is 37.3 Å². The number of aromatic nitrogens is 2. The van der Waals surface area contributed by atoms with Crippen molar-refractivity contribution in [3.05, 3.63) is 35.7 Å². The van der Waals surface area contributed by atoms with Crippen molar-refractivity contribution in [2.45, 2.75) is 31.7 Å². The zero-order chi connectivity index (χ0) is 14.2. The van der Waals surface area contributed by atoms with Gasteiger partial charge in [-0.2, -0.15) is 4.98 Å². The van der Waals surface area contributed by atoms with Crippen LogP contribution in [0.15, 0.2) is 28.8 Å². The minimum Gasteiger partial charge on any atom is -0.379 e. The van der Waals surface area contributed by atoms with Crippen LogP contribution in [0, 0.1) is 0 Å². The second-order valence-electron chi connectivity index (χ2n) is 5.66. The number of hydrogen-bond acceptors (Lipinski definition) is 5. The molecule has 1 aromatic heterocycles. The average Bonchev–Trinajstić information content (AvgIpc) is 3.08. The Hall–Kier alpha value is -1.72. The maximum atomic E-state index is 6.21. The van der Waals surface area contributed by atoms with Gasteiger partial charge in [0.2, 0.25) is 11.7 Å². The minimum atomic E-state index is -0.636. The summed E-state index contributed by atoms with van der Waals surface area (Å²) in [4.78, 5) is 4.43. The van der Waals surface area contributed by atoms with Gasteiger partial charge in [0, 0.05) is 12.2 Å². The van der Waals surface area contributed by atoms with Gasteiger partial charge in [0.25, 0.3) is 0 Å². The van der Waals surface area contributed by atoms with E-state index in [4.69, 9.17) is 15.0 Å². The van der Waals surface area contributed by atoms with Gasteiger partial charge in [0.1, 0.15) is 5.54 Å². The van der Waals surface area contributed by atoms with Crippen LogP contribution in [0.3, 0.4) is 0 Å². The predicted molar refractivity (Wildman–Crippen MR) is 75.1 cm³/mol. The lowest BCUT2D eigenvalue weighted by atomic mass is 10.0. The predicted octanol–water partition coefficient (Wildman–Crippen LogP) is 2.43. The zero-order valence-electron chi connectivity index (χ0n) is 11.8. The summed E-state index contributed by atoms with van der Waals surface area (Å²) >= 11 is 0. The summed E-state index contributed by atoms with van der Waals surface area (Å²) in [6.07, 6.45) is 0.709. The first-order chi connectivity index (χ1) is 9.58. The Labute approximate surface area is 118 Å². The highest BCUT2D eigenvalue weighted by Crippen LogP contribution is 2.28. The van der Waals surface area contributed by atoms with Crippen molar-refractivity contribution in [1.29, 1.82) is 0 Å². The molecule has 1 atom stereocenters. The third kappa shape index (κ3) is 2.34. The molecule has 20 heavy (non-hydrogen) atoms. The molecule has 0 saturated carbocycles. The van der Waals surface area contributed by atoms with Crippen molar-refractivity contribution in [2.75, 3.05) is 13.2 Å². The van der Waals surface area contributed by atoms with Crippen LogP contribution < -0.4 is 5.73 Å². The molecule has 1 aliphatic heterocycles. The van der Waals surface area contributed by atoms with E-state index in [1.165, 1.54) is 5.56 Å². The van der Waals surface area contributed by atoms with Crippen molar-refractivity contribution in [1.82, 2.24) is 10.1 Å². The van der Waals surface area contributed by atoms with E-state index in [2.05, 4.69) is 36.1 Å². The highest BCUT2D eigenvalue weighted by Gasteiger charge is 2.38. The van der Waals surface area contributed by atoms with Gasteiger partial charge in [-0.15, -0.1) is 0 Å². The second kappa shape index (κ2) is 5.00. The van der Waals surface area contributed by atoms with Crippen molar-refractivity contribution in [2.24, 2.45) is 5.73 Å². The topological polar surface area (TPSA) is 74.2 Å². The van der Waals surface area contributed by atoms with E-state index in [1.54, 1.807) is 0 Å².